The maximum Gasteiger partial charge on any atom is 0.272 e. The van der Waals surface area contributed by atoms with Crippen molar-refractivity contribution >= 4 is 49.1 Å². The summed E-state index contributed by atoms with van der Waals surface area (Å²) in [6.45, 7) is 1.63. The van der Waals surface area contributed by atoms with E-state index in [1.807, 2.05) is 6.07 Å². The number of carbonyl (C=O) groups is 1. The van der Waals surface area contributed by atoms with E-state index in [4.69, 9.17) is 0 Å². The third-order valence-electron chi connectivity index (χ3n) is 2.78. The van der Waals surface area contributed by atoms with Gasteiger partial charge in [0, 0.05) is 31.8 Å². The summed E-state index contributed by atoms with van der Waals surface area (Å²) in [5.74, 6) is -0.287. The molecule has 0 atom stereocenters. The number of hydrogen-bond acceptors (Lipinski definition) is 3. The number of amides is 1. The predicted octanol–water partition coefficient (Wildman–Crippen LogP) is 4.68. The molecule has 0 saturated heterocycles. The quantitative estimate of drug-likeness (QED) is 0.586. The van der Waals surface area contributed by atoms with E-state index >= 15 is 0 Å². The number of nitro groups is 1. The Kier molecular flexibility index (Phi) is 4.74. The highest BCUT2D eigenvalue weighted by Gasteiger charge is 2.12. The highest BCUT2D eigenvalue weighted by atomic mass is 79.9. The standard InChI is InChI=1S/C14H10Br2N2O3/c1-8-4-12(2-3-13(8)18(20)21)17-14(19)9-5-10(15)7-11(16)6-9/h2-7H,1H3,(H,17,19). The molecule has 108 valence electrons. The van der Waals surface area contributed by atoms with Crippen LogP contribution >= 0.6 is 31.9 Å². The Morgan fingerprint density at radius 2 is 1.76 bits per heavy atom. The average molecular weight is 414 g/mol. The van der Waals surface area contributed by atoms with Crippen LogP contribution in [-0.4, -0.2) is 10.8 Å². The molecular weight excluding hydrogens is 404 g/mol. The fraction of sp³-hybridized carbons (Fsp3) is 0.0714. The SMILES string of the molecule is Cc1cc(NC(=O)c2cc(Br)cc(Br)c2)ccc1[N+](=O)[O-]. The van der Waals surface area contributed by atoms with Gasteiger partial charge in [-0.25, -0.2) is 0 Å². The number of nitro benzene ring substituents is 1. The summed E-state index contributed by atoms with van der Waals surface area (Å²) < 4.78 is 1.56. The van der Waals surface area contributed by atoms with E-state index < -0.39 is 4.92 Å². The second-order valence-corrected chi connectivity index (χ2v) is 6.20. The molecule has 0 unspecified atom stereocenters. The van der Waals surface area contributed by atoms with Gasteiger partial charge in [0.25, 0.3) is 11.6 Å². The highest BCUT2D eigenvalue weighted by molar-refractivity contribution is 9.11. The molecule has 0 bridgehead atoms. The molecule has 0 radical (unpaired) electrons. The Hall–Kier alpha value is -1.73. The van der Waals surface area contributed by atoms with Crippen molar-refractivity contribution in [3.8, 4) is 0 Å². The number of halogens is 2. The minimum Gasteiger partial charge on any atom is -0.322 e. The van der Waals surface area contributed by atoms with Gasteiger partial charge in [0.1, 0.15) is 0 Å². The largest absolute Gasteiger partial charge is 0.322 e. The van der Waals surface area contributed by atoms with E-state index in [-0.39, 0.29) is 11.6 Å². The van der Waals surface area contributed by atoms with Gasteiger partial charge in [-0.3, -0.25) is 14.9 Å². The summed E-state index contributed by atoms with van der Waals surface area (Å²) in [5, 5.41) is 13.5. The van der Waals surface area contributed by atoms with E-state index in [0.29, 0.717) is 16.8 Å². The molecule has 0 aliphatic carbocycles. The fourth-order valence-electron chi connectivity index (χ4n) is 1.83. The molecule has 7 heteroatoms. The number of anilines is 1. The van der Waals surface area contributed by atoms with Crippen LogP contribution in [0.1, 0.15) is 15.9 Å². The van der Waals surface area contributed by atoms with E-state index in [9.17, 15) is 14.9 Å². The van der Waals surface area contributed by atoms with Crippen LogP contribution in [0.3, 0.4) is 0 Å². The van der Waals surface area contributed by atoms with Crippen molar-refractivity contribution in [3.63, 3.8) is 0 Å². The van der Waals surface area contributed by atoms with Gasteiger partial charge in [0.05, 0.1) is 4.92 Å². The molecule has 0 saturated carbocycles. The zero-order valence-corrected chi connectivity index (χ0v) is 14.1. The van der Waals surface area contributed by atoms with Gasteiger partial charge in [-0.2, -0.15) is 0 Å². The normalized spacial score (nSPS) is 10.2. The van der Waals surface area contributed by atoms with E-state index in [1.165, 1.54) is 12.1 Å². The van der Waals surface area contributed by atoms with Crippen LogP contribution < -0.4 is 5.32 Å². The van der Waals surface area contributed by atoms with E-state index in [1.54, 1.807) is 25.1 Å². The lowest BCUT2D eigenvalue weighted by Gasteiger charge is -2.07. The zero-order chi connectivity index (χ0) is 15.6. The van der Waals surface area contributed by atoms with Crippen molar-refractivity contribution < 1.29 is 9.72 Å². The smallest absolute Gasteiger partial charge is 0.272 e. The zero-order valence-electron chi connectivity index (χ0n) is 10.9. The molecule has 0 heterocycles. The lowest BCUT2D eigenvalue weighted by atomic mass is 10.1. The molecular formula is C14H10Br2N2O3. The number of hydrogen-bond donors (Lipinski definition) is 1. The first-order valence-electron chi connectivity index (χ1n) is 5.89. The highest BCUT2D eigenvalue weighted by Crippen LogP contribution is 2.23. The van der Waals surface area contributed by atoms with Crippen LogP contribution in [0.15, 0.2) is 45.3 Å². The molecule has 1 amide bonds. The van der Waals surface area contributed by atoms with Gasteiger partial charge in [-0.05, 0) is 37.3 Å². The second kappa shape index (κ2) is 6.36. The Morgan fingerprint density at radius 1 is 1.14 bits per heavy atom. The maximum atomic E-state index is 12.2. The summed E-state index contributed by atoms with van der Waals surface area (Å²) >= 11 is 6.64. The van der Waals surface area contributed by atoms with Gasteiger partial charge in [0.15, 0.2) is 0 Å². The third-order valence-corrected chi connectivity index (χ3v) is 3.69. The molecule has 2 aromatic carbocycles. The monoisotopic (exact) mass is 412 g/mol. The summed E-state index contributed by atoms with van der Waals surface area (Å²) in [5.41, 5.74) is 1.51. The molecule has 0 aromatic heterocycles. The van der Waals surface area contributed by atoms with Gasteiger partial charge < -0.3 is 5.32 Å². The summed E-state index contributed by atoms with van der Waals surface area (Å²) in [4.78, 5) is 22.5. The Labute approximate surface area is 137 Å². The van der Waals surface area contributed by atoms with Gasteiger partial charge >= 0.3 is 0 Å². The summed E-state index contributed by atoms with van der Waals surface area (Å²) in [6.07, 6.45) is 0. The molecule has 2 rings (SSSR count). The number of carbonyl (C=O) groups excluding carboxylic acids is 1. The average Bonchev–Trinajstić information content (AvgIpc) is 2.37. The minimum absolute atomic E-state index is 0.0261. The van der Waals surface area contributed by atoms with E-state index in [2.05, 4.69) is 37.2 Å². The van der Waals surface area contributed by atoms with Crippen molar-refractivity contribution in [1.29, 1.82) is 0 Å². The molecule has 1 N–H and O–H groups in total. The van der Waals surface area contributed by atoms with Crippen molar-refractivity contribution in [1.82, 2.24) is 0 Å². The molecule has 5 nitrogen and oxygen atoms in total. The first-order valence-corrected chi connectivity index (χ1v) is 7.48. The van der Waals surface area contributed by atoms with Crippen molar-refractivity contribution in [2.75, 3.05) is 5.32 Å². The van der Waals surface area contributed by atoms with Crippen molar-refractivity contribution in [3.05, 3.63) is 66.6 Å². The predicted molar refractivity (Wildman–Crippen MR) is 87.6 cm³/mol. The number of rotatable bonds is 3. The Morgan fingerprint density at radius 3 is 2.29 bits per heavy atom. The van der Waals surface area contributed by atoms with Gasteiger partial charge in [-0.15, -0.1) is 0 Å². The van der Waals surface area contributed by atoms with Crippen LogP contribution in [0.4, 0.5) is 11.4 Å². The maximum absolute atomic E-state index is 12.2. The fourth-order valence-corrected chi connectivity index (χ4v) is 3.12. The van der Waals surface area contributed by atoms with Crippen LogP contribution in [0.25, 0.3) is 0 Å². The molecule has 0 aliphatic rings. The molecule has 0 spiro atoms. The van der Waals surface area contributed by atoms with Gasteiger partial charge in [-0.1, -0.05) is 31.9 Å². The van der Waals surface area contributed by atoms with Crippen LogP contribution in [0.2, 0.25) is 0 Å². The minimum atomic E-state index is -0.452. The molecule has 0 aliphatic heterocycles. The molecule has 21 heavy (non-hydrogen) atoms. The van der Waals surface area contributed by atoms with Crippen LogP contribution in [0, 0.1) is 17.0 Å². The molecule has 0 fully saturated rings. The summed E-state index contributed by atoms with van der Waals surface area (Å²) in [7, 11) is 0. The number of benzene rings is 2. The summed E-state index contributed by atoms with van der Waals surface area (Å²) in [6, 6.07) is 9.67. The molecule has 2 aromatic rings. The lowest BCUT2D eigenvalue weighted by Crippen LogP contribution is -2.12. The van der Waals surface area contributed by atoms with Crippen LogP contribution in [-0.2, 0) is 0 Å². The topological polar surface area (TPSA) is 72.2 Å². The number of nitrogens with zero attached hydrogens (tertiary/aromatic N) is 1. The third kappa shape index (κ3) is 3.89. The first-order chi connectivity index (χ1) is 9.86. The van der Waals surface area contributed by atoms with E-state index in [0.717, 1.165) is 8.95 Å². The van der Waals surface area contributed by atoms with Crippen molar-refractivity contribution in [2.45, 2.75) is 6.92 Å². The number of nitrogens with one attached hydrogen (secondary N) is 1. The first kappa shape index (κ1) is 15.7. The Balaban J connectivity index is 2.23. The van der Waals surface area contributed by atoms with Crippen molar-refractivity contribution in [2.24, 2.45) is 0 Å². The Bertz CT molecular complexity index is 712. The van der Waals surface area contributed by atoms with Crippen LogP contribution in [0.5, 0.6) is 0 Å². The second-order valence-electron chi connectivity index (χ2n) is 4.37. The lowest BCUT2D eigenvalue weighted by molar-refractivity contribution is -0.385. The van der Waals surface area contributed by atoms with Gasteiger partial charge in [0.2, 0.25) is 0 Å². The number of aryl methyl sites for hydroxylation is 1.